The number of hydrogen-bond acceptors (Lipinski definition) is 3. The number of pyridine rings is 1. The van der Waals surface area contributed by atoms with E-state index in [9.17, 15) is 13.2 Å². The number of halogens is 4. The number of aryl methyl sites for hydroxylation is 1. The summed E-state index contributed by atoms with van der Waals surface area (Å²) in [6.45, 7) is 1.78. The molecule has 0 spiro atoms. The van der Waals surface area contributed by atoms with Gasteiger partial charge in [0.25, 0.3) is 0 Å². The lowest BCUT2D eigenvalue weighted by Crippen LogP contribution is -2.18. The molecule has 0 radical (unpaired) electrons. The van der Waals surface area contributed by atoms with Crippen molar-refractivity contribution in [1.29, 1.82) is 0 Å². The third-order valence-corrected chi connectivity index (χ3v) is 4.50. The van der Waals surface area contributed by atoms with Crippen LogP contribution in [0.25, 0.3) is 0 Å². The minimum atomic E-state index is -4.46. The minimum absolute atomic E-state index is 0.0706. The first-order chi connectivity index (χ1) is 8.82. The van der Waals surface area contributed by atoms with Gasteiger partial charge in [0.1, 0.15) is 0 Å². The lowest BCUT2D eigenvalue weighted by molar-refractivity contribution is -0.138. The molecule has 2 N–H and O–H groups in total. The van der Waals surface area contributed by atoms with Gasteiger partial charge >= 0.3 is 6.18 Å². The maximum atomic E-state index is 12.9. The normalized spacial score (nSPS) is 13.6. The molecule has 2 aromatic heterocycles. The molecule has 19 heavy (non-hydrogen) atoms. The Morgan fingerprint density at radius 3 is 2.63 bits per heavy atom. The van der Waals surface area contributed by atoms with Crippen LogP contribution in [-0.2, 0) is 6.18 Å². The molecule has 2 rings (SSSR count). The molecule has 0 saturated heterocycles. The van der Waals surface area contributed by atoms with Crippen molar-refractivity contribution < 1.29 is 13.2 Å². The first kappa shape index (κ1) is 14.3. The highest BCUT2D eigenvalue weighted by atomic mass is 35.5. The number of nitrogens with zero attached hydrogens (tertiary/aromatic N) is 1. The first-order valence-corrected chi connectivity index (χ1v) is 6.58. The fourth-order valence-electron chi connectivity index (χ4n) is 1.71. The van der Waals surface area contributed by atoms with E-state index in [1.54, 1.807) is 12.3 Å². The van der Waals surface area contributed by atoms with Crippen molar-refractivity contribution in [2.45, 2.75) is 19.1 Å². The maximum absolute atomic E-state index is 12.9. The van der Waals surface area contributed by atoms with E-state index in [1.807, 2.05) is 0 Å². The fourth-order valence-corrected chi connectivity index (χ4v) is 3.04. The van der Waals surface area contributed by atoms with Crippen LogP contribution in [-0.4, -0.2) is 4.98 Å². The molecule has 0 amide bonds. The molecular weight excluding hydrogens is 297 g/mol. The van der Waals surface area contributed by atoms with Crippen molar-refractivity contribution in [3.8, 4) is 0 Å². The zero-order valence-electron chi connectivity index (χ0n) is 9.83. The molecule has 2 aromatic rings. The predicted molar refractivity (Wildman–Crippen MR) is 69.3 cm³/mol. The summed E-state index contributed by atoms with van der Waals surface area (Å²) in [6.07, 6.45) is -2.23. The smallest absolute Gasteiger partial charge is 0.320 e. The second kappa shape index (κ2) is 5.11. The average molecular weight is 307 g/mol. The zero-order chi connectivity index (χ0) is 14.2. The largest absolute Gasteiger partial charge is 0.416 e. The van der Waals surface area contributed by atoms with Crippen LogP contribution in [0.1, 0.15) is 27.6 Å². The number of nitrogens with two attached hydrogens (primary N) is 1. The van der Waals surface area contributed by atoms with Crippen LogP contribution < -0.4 is 5.73 Å². The van der Waals surface area contributed by atoms with E-state index in [-0.39, 0.29) is 5.56 Å². The summed E-state index contributed by atoms with van der Waals surface area (Å²) in [4.78, 5) is 4.24. The lowest BCUT2D eigenvalue weighted by atomic mass is 10.0. The van der Waals surface area contributed by atoms with Gasteiger partial charge in [-0.2, -0.15) is 13.2 Å². The Morgan fingerprint density at radius 1 is 1.42 bits per heavy atom. The monoisotopic (exact) mass is 306 g/mol. The second-order valence-electron chi connectivity index (χ2n) is 4.04. The minimum Gasteiger partial charge on any atom is -0.320 e. The number of aromatic nitrogens is 1. The summed E-state index contributed by atoms with van der Waals surface area (Å²) in [6, 6.07) is -0.0136. The zero-order valence-corrected chi connectivity index (χ0v) is 11.4. The quantitative estimate of drug-likeness (QED) is 0.904. The van der Waals surface area contributed by atoms with Crippen molar-refractivity contribution >= 4 is 22.9 Å². The van der Waals surface area contributed by atoms with Gasteiger partial charge in [-0.3, -0.25) is 4.98 Å². The predicted octanol–water partition coefficient (Wildman–Crippen LogP) is 4.17. The highest BCUT2D eigenvalue weighted by molar-refractivity contribution is 7.10. The Balaban J connectivity index is 2.51. The summed E-state index contributed by atoms with van der Waals surface area (Å²) >= 11 is 7.30. The van der Waals surface area contributed by atoms with Gasteiger partial charge < -0.3 is 5.73 Å². The van der Waals surface area contributed by atoms with Gasteiger partial charge in [-0.1, -0.05) is 11.6 Å². The standard InChI is InChI=1S/C12H10ClF3N2S/c1-6-5-19-11(9(6)13)10(17)7-4-18-3-2-8(7)12(14,15)16/h2-5,10H,17H2,1H3. The second-order valence-corrected chi connectivity index (χ2v) is 5.32. The SMILES string of the molecule is Cc1csc(C(N)c2cnccc2C(F)(F)F)c1Cl. The Kier molecular flexibility index (Phi) is 3.85. The number of alkyl halides is 3. The van der Waals surface area contributed by atoms with Crippen molar-refractivity contribution in [3.63, 3.8) is 0 Å². The third kappa shape index (κ3) is 2.75. The van der Waals surface area contributed by atoms with Crippen molar-refractivity contribution in [3.05, 3.63) is 50.4 Å². The lowest BCUT2D eigenvalue weighted by Gasteiger charge is -2.17. The summed E-state index contributed by atoms with van der Waals surface area (Å²) in [5.41, 5.74) is 5.86. The fraction of sp³-hybridized carbons (Fsp3) is 0.250. The summed E-state index contributed by atoms with van der Waals surface area (Å²) in [5.74, 6) is 0. The number of hydrogen-bond donors (Lipinski definition) is 1. The topological polar surface area (TPSA) is 38.9 Å². The molecule has 7 heteroatoms. The molecule has 1 unspecified atom stereocenters. The average Bonchev–Trinajstić information content (AvgIpc) is 2.68. The molecule has 0 aromatic carbocycles. The van der Waals surface area contributed by atoms with Gasteiger partial charge in [-0.05, 0) is 23.9 Å². The molecule has 2 heterocycles. The van der Waals surface area contributed by atoms with Gasteiger partial charge in [-0.25, -0.2) is 0 Å². The molecule has 0 aliphatic carbocycles. The Bertz CT molecular complexity index is 595. The Morgan fingerprint density at radius 2 is 2.11 bits per heavy atom. The van der Waals surface area contributed by atoms with Gasteiger partial charge in [0.05, 0.1) is 16.6 Å². The van der Waals surface area contributed by atoms with E-state index in [4.69, 9.17) is 17.3 Å². The van der Waals surface area contributed by atoms with Crippen LogP contribution in [0.3, 0.4) is 0 Å². The highest BCUT2D eigenvalue weighted by Gasteiger charge is 2.35. The number of thiophene rings is 1. The molecule has 0 saturated carbocycles. The maximum Gasteiger partial charge on any atom is 0.416 e. The van der Waals surface area contributed by atoms with Crippen LogP contribution in [0.2, 0.25) is 5.02 Å². The molecule has 2 nitrogen and oxygen atoms in total. The van der Waals surface area contributed by atoms with E-state index in [2.05, 4.69) is 4.98 Å². The van der Waals surface area contributed by atoms with Crippen LogP contribution >= 0.6 is 22.9 Å². The number of rotatable bonds is 2. The third-order valence-electron chi connectivity index (χ3n) is 2.70. The highest BCUT2D eigenvalue weighted by Crippen LogP contribution is 2.39. The molecule has 0 aliphatic rings. The van der Waals surface area contributed by atoms with Crippen molar-refractivity contribution in [2.24, 2.45) is 5.73 Å². The van der Waals surface area contributed by atoms with Gasteiger partial charge in [0.15, 0.2) is 0 Å². The Labute approximate surface area is 117 Å². The Hall–Kier alpha value is -1.11. The van der Waals surface area contributed by atoms with E-state index >= 15 is 0 Å². The van der Waals surface area contributed by atoms with E-state index < -0.39 is 17.8 Å². The van der Waals surface area contributed by atoms with Gasteiger partial charge in [0, 0.05) is 22.8 Å². The molecular formula is C12H10ClF3N2S. The van der Waals surface area contributed by atoms with E-state index in [0.29, 0.717) is 9.90 Å². The van der Waals surface area contributed by atoms with E-state index in [0.717, 1.165) is 24.0 Å². The van der Waals surface area contributed by atoms with Crippen molar-refractivity contribution in [2.75, 3.05) is 0 Å². The summed E-state index contributed by atoms with van der Waals surface area (Å²) in [5, 5.41) is 2.18. The van der Waals surface area contributed by atoms with Crippen LogP contribution in [0.5, 0.6) is 0 Å². The molecule has 0 fully saturated rings. The first-order valence-electron chi connectivity index (χ1n) is 5.32. The molecule has 0 aliphatic heterocycles. The van der Waals surface area contributed by atoms with Crippen LogP contribution in [0, 0.1) is 6.92 Å². The molecule has 0 bridgehead atoms. The summed E-state index contributed by atoms with van der Waals surface area (Å²) < 4.78 is 38.8. The van der Waals surface area contributed by atoms with Crippen molar-refractivity contribution in [1.82, 2.24) is 4.98 Å². The summed E-state index contributed by atoms with van der Waals surface area (Å²) in [7, 11) is 0. The van der Waals surface area contributed by atoms with Crippen LogP contribution in [0.15, 0.2) is 23.8 Å². The molecule has 1 atom stereocenters. The van der Waals surface area contributed by atoms with E-state index in [1.165, 1.54) is 11.3 Å². The molecule has 102 valence electrons. The van der Waals surface area contributed by atoms with Gasteiger partial charge in [0.2, 0.25) is 0 Å². The van der Waals surface area contributed by atoms with Crippen LogP contribution in [0.4, 0.5) is 13.2 Å². The van der Waals surface area contributed by atoms with Gasteiger partial charge in [-0.15, -0.1) is 11.3 Å².